The molecule has 2 nitrogen and oxygen atoms in total. The molecule has 3 rings (SSSR count). The molecular formula is C17H12F3NOS. The first-order chi connectivity index (χ1) is 11.0. The minimum absolute atomic E-state index is 0.0404. The number of nitrogens with zero attached hydrogens (tertiary/aromatic N) is 1. The van der Waals surface area contributed by atoms with Crippen molar-refractivity contribution in [3.05, 3.63) is 54.6 Å². The van der Waals surface area contributed by atoms with Gasteiger partial charge in [-0.05, 0) is 35.7 Å². The smallest absolute Gasteiger partial charge is 0.447 e. The second-order valence-corrected chi connectivity index (χ2v) is 5.86. The molecule has 0 radical (unpaired) electrons. The van der Waals surface area contributed by atoms with Gasteiger partial charge in [-0.3, -0.25) is 0 Å². The predicted octanol–water partition coefficient (Wildman–Crippen LogP) is 5.52. The fraction of sp³-hybridized carbons (Fsp3) is 0.118. The van der Waals surface area contributed by atoms with Crippen LogP contribution in [0.2, 0.25) is 0 Å². The maximum atomic E-state index is 12.8. The van der Waals surface area contributed by atoms with E-state index in [9.17, 15) is 13.2 Å². The molecule has 1 heterocycles. The molecule has 1 aromatic heterocycles. The number of benzene rings is 2. The molecule has 23 heavy (non-hydrogen) atoms. The molecule has 6 heteroatoms. The van der Waals surface area contributed by atoms with E-state index in [2.05, 4.69) is 4.98 Å². The third kappa shape index (κ3) is 3.59. The van der Waals surface area contributed by atoms with Crippen molar-refractivity contribution in [3.63, 3.8) is 0 Å². The van der Waals surface area contributed by atoms with E-state index >= 15 is 0 Å². The normalized spacial score (nSPS) is 11.7. The average Bonchev–Trinajstić information content (AvgIpc) is 2.53. The van der Waals surface area contributed by atoms with Crippen LogP contribution in [0, 0.1) is 0 Å². The molecule has 0 aliphatic rings. The lowest BCUT2D eigenvalue weighted by Gasteiger charge is -2.11. The first kappa shape index (κ1) is 15.7. The zero-order valence-corrected chi connectivity index (χ0v) is 12.9. The highest BCUT2D eigenvalue weighted by molar-refractivity contribution is 8.00. The zero-order valence-electron chi connectivity index (χ0n) is 12.1. The van der Waals surface area contributed by atoms with Crippen LogP contribution in [-0.2, 0) is 0 Å². The number of alkyl halides is 3. The Balaban J connectivity index is 2.13. The van der Waals surface area contributed by atoms with Gasteiger partial charge in [0.25, 0.3) is 0 Å². The first-order valence-corrected chi connectivity index (χ1v) is 7.58. The summed E-state index contributed by atoms with van der Waals surface area (Å²) in [7, 11) is 1.56. The Labute approximate surface area is 135 Å². The van der Waals surface area contributed by atoms with Gasteiger partial charge in [-0.15, -0.1) is 0 Å². The molecule has 0 saturated heterocycles. The van der Waals surface area contributed by atoms with E-state index in [1.54, 1.807) is 61.7 Å². The largest absolute Gasteiger partial charge is 0.497 e. The number of pyridine rings is 1. The Morgan fingerprint density at radius 1 is 1.00 bits per heavy atom. The van der Waals surface area contributed by atoms with E-state index in [0.29, 0.717) is 16.8 Å². The van der Waals surface area contributed by atoms with Gasteiger partial charge in [0.05, 0.1) is 12.8 Å². The monoisotopic (exact) mass is 335 g/mol. The molecule has 0 bridgehead atoms. The van der Waals surface area contributed by atoms with Crippen molar-refractivity contribution in [1.29, 1.82) is 0 Å². The molecule has 0 spiro atoms. The Morgan fingerprint density at radius 3 is 2.35 bits per heavy atom. The van der Waals surface area contributed by atoms with Crippen LogP contribution in [-0.4, -0.2) is 17.6 Å². The minimum Gasteiger partial charge on any atom is -0.497 e. The maximum absolute atomic E-state index is 12.8. The average molecular weight is 335 g/mol. The summed E-state index contributed by atoms with van der Waals surface area (Å²) in [6, 6.07) is 15.8. The van der Waals surface area contributed by atoms with Gasteiger partial charge in [0.2, 0.25) is 0 Å². The molecule has 118 valence electrons. The van der Waals surface area contributed by atoms with Gasteiger partial charge in [-0.2, -0.15) is 13.2 Å². The molecular weight excluding hydrogens is 323 g/mol. The van der Waals surface area contributed by atoms with Crippen molar-refractivity contribution in [1.82, 2.24) is 4.98 Å². The second-order valence-electron chi connectivity index (χ2n) is 4.81. The van der Waals surface area contributed by atoms with Crippen molar-refractivity contribution < 1.29 is 17.9 Å². The molecule has 0 unspecified atom stereocenters. The lowest BCUT2D eigenvalue weighted by Crippen LogP contribution is -2.01. The van der Waals surface area contributed by atoms with E-state index in [0.717, 1.165) is 10.9 Å². The van der Waals surface area contributed by atoms with Gasteiger partial charge in [0.15, 0.2) is 0 Å². The highest BCUT2D eigenvalue weighted by Crippen LogP contribution is 2.40. The van der Waals surface area contributed by atoms with Gasteiger partial charge >= 0.3 is 5.51 Å². The Bertz CT molecular complexity index is 831. The zero-order chi connectivity index (χ0) is 16.4. The lowest BCUT2D eigenvalue weighted by atomic mass is 10.1. The van der Waals surface area contributed by atoms with Crippen molar-refractivity contribution in [3.8, 4) is 17.0 Å². The van der Waals surface area contributed by atoms with Crippen molar-refractivity contribution in [2.24, 2.45) is 0 Å². The van der Waals surface area contributed by atoms with Crippen molar-refractivity contribution in [2.75, 3.05) is 7.11 Å². The van der Waals surface area contributed by atoms with Gasteiger partial charge in [0, 0.05) is 22.7 Å². The molecule has 3 aromatic rings. The van der Waals surface area contributed by atoms with Gasteiger partial charge in [0.1, 0.15) is 10.8 Å². The summed E-state index contributed by atoms with van der Waals surface area (Å²) in [6.45, 7) is 0. The van der Waals surface area contributed by atoms with Crippen LogP contribution in [0.25, 0.3) is 22.0 Å². The SMILES string of the molecule is COc1ccc(-c2cc3ccccc3c(SC(F)(F)F)n2)cc1. The second kappa shape index (κ2) is 6.12. The number of rotatable bonds is 3. The van der Waals surface area contributed by atoms with Crippen LogP contribution in [0.5, 0.6) is 5.75 Å². The summed E-state index contributed by atoms with van der Waals surface area (Å²) in [5.41, 5.74) is -3.15. The van der Waals surface area contributed by atoms with E-state index in [4.69, 9.17) is 4.74 Å². The molecule has 0 fully saturated rings. The first-order valence-electron chi connectivity index (χ1n) is 6.76. The van der Waals surface area contributed by atoms with Crippen molar-refractivity contribution in [2.45, 2.75) is 10.5 Å². The predicted molar refractivity (Wildman–Crippen MR) is 85.6 cm³/mol. The number of aromatic nitrogens is 1. The maximum Gasteiger partial charge on any atom is 0.447 e. The number of halogens is 3. The molecule has 0 N–H and O–H groups in total. The van der Waals surface area contributed by atoms with Crippen LogP contribution < -0.4 is 4.74 Å². The van der Waals surface area contributed by atoms with E-state index in [1.807, 2.05) is 0 Å². The quantitative estimate of drug-likeness (QED) is 0.588. The summed E-state index contributed by atoms with van der Waals surface area (Å²) in [4.78, 5) is 4.21. The highest BCUT2D eigenvalue weighted by atomic mass is 32.2. The molecule has 0 atom stereocenters. The lowest BCUT2D eigenvalue weighted by molar-refractivity contribution is -0.0328. The topological polar surface area (TPSA) is 22.1 Å². The van der Waals surface area contributed by atoms with Crippen LogP contribution >= 0.6 is 11.8 Å². The highest BCUT2D eigenvalue weighted by Gasteiger charge is 2.31. The Hall–Kier alpha value is -2.21. The molecule has 2 aromatic carbocycles. The molecule has 0 saturated carbocycles. The van der Waals surface area contributed by atoms with Crippen LogP contribution in [0.3, 0.4) is 0 Å². The number of methoxy groups -OCH3 is 1. The van der Waals surface area contributed by atoms with Crippen LogP contribution in [0.1, 0.15) is 0 Å². The van der Waals surface area contributed by atoms with E-state index in [-0.39, 0.29) is 16.8 Å². The summed E-state index contributed by atoms with van der Waals surface area (Å²) in [5, 5.41) is 1.17. The summed E-state index contributed by atoms with van der Waals surface area (Å²) in [5.74, 6) is 0.680. The summed E-state index contributed by atoms with van der Waals surface area (Å²) < 4.78 is 43.5. The number of hydrogen-bond donors (Lipinski definition) is 0. The standard InChI is InChI=1S/C17H12F3NOS/c1-22-13-8-6-11(7-9-13)15-10-12-4-2-3-5-14(12)16(21-15)23-17(18,19)20/h2-10H,1H3. The molecule has 0 amide bonds. The fourth-order valence-corrected chi connectivity index (χ4v) is 2.92. The Kier molecular flexibility index (Phi) is 4.17. The van der Waals surface area contributed by atoms with Crippen LogP contribution in [0.4, 0.5) is 13.2 Å². The van der Waals surface area contributed by atoms with E-state index in [1.165, 1.54) is 0 Å². The third-order valence-corrected chi connectivity index (χ3v) is 4.04. The fourth-order valence-electron chi connectivity index (χ4n) is 2.26. The third-order valence-electron chi connectivity index (χ3n) is 3.30. The van der Waals surface area contributed by atoms with Gasteiger partial charge in [-0.25, -0.2) is 4.98 Å². The Morgan fingerprint density at radius 2 is 1.70 bits per heavy atom. The molecule has 0 aliphatic carbocycles. The van der Waals surface area contributed by atoms with Gasteiger partial charge < -0.3 is 4.74 Å². The van der Waals surface area contributed by atoms with Gasteiger partial charge in [-0.1, -0.05) is 24.3 Å². The summed E-state index contributed by atoms with van der Waals surface area (Å²) >= 11 is -0.189. The minimum atomic E-state index is -4.38. The van der Waals surface area contributed by atoms with Crippen LogP contribution in [0.15, 0.2) is 59.6 Å². The summed E-state index contributed by atoms with van der Waals surface area (Å²) in [6.07, 6.45) is 0. The number of hydrogen-bond acceptors (Lipinski definition) is 3. The van der Waals surface area contributed by atoms with E-state index < -0.39 is 5.51 Å². The number of thioether (sulfide) groups is 1. The molecule has 0 aliphatic heterocycles. The van der Waals surface area contributed by atoms with Crippen molar-refractivity contribution >= 4 is 22.5 Å². The number of fused-ring (bicyclic) bond motifs is 1. The number of ether oxygens (including phenoxy) is 1.